The number of pyridine rings is 1. The zero-order chi connectivity index (χ0) is 13.5. The third-order valence-corrected chi connectivity index (χ3v) is 2.79. The molecule has 100 valence electrons. The number of hydrogen-bond donors (Lipinski definition) is 2. The fourth-order valence-electron chi connectivity index (χ4n) is 1.85. The lowest BCUT2D eigenvalue weighted by Crippen LogP contribution is -2.10. The Morgan fingerprint density at radius 3 is 3.05 bits per heavy atom. The second kappa shape index (κ2) is 6.75. The van der Waals surface area contributed by atoms with E-state index in [-0.39, 0.29) is 0 Å². The van der Waals surface area contributed by atoms with Crippen molar-refractivity contribution in [2.75, 3.05) is 30.8 Å². The van der Waals surface area contributed by atoms with Crippen LogP contribution >= 0.6 is 0 Å². The van der Waals surface area contributed by atoms with E-state index in [9.17, 15) is 0 Å². The van der Waals surface area contributed by atoms with Crippen molar-refractivity contribution in [2.45, 2.75) is 6.42 Å². The highest BCUT2D eigenvalue weighted by atomic mass is 16.5. The number of fused-ring (bicyclic) bond motifs is 1. The molecular formula is C15H19N3O. The van der Waals surface area contributed by atoms with E-state index in [4.69, 9.17) is 10.5 Å². The van der Waals surface area contributed by atoms with Crippen molar-refractivity contribution >= 4 is 22.3 Å². The Morgan fingerprint density at radius 2 is 2.21 bits per heavy atom. The van der Waals surface area contributed by atoms with Gasteiger partial charge in [0.25, 0.3) is 0 Å². The van der Waals surface area contributed by atoms with Crippen LogP contribution in [0.3, 0.4) is 0 Å². The number of benzene rings is 1. The van der Waals surface area contributed by atoms with E-state index in [2.05, 4.69) is 16.9 Å². The summed E-state index contributed by atoms with van der Waals surface area (Å²) < 4.78 is 5.46. The molecule has 0 aliphatic rings. The second-order valence-corrected chi connectivity index (χ2v) is 4.25. The summed E-state index contributed by atoms with van der Waals surface area (Å²) in [5.41, 5.74) is 8.43. The van der Waals surface area contributed by atoms with E-state index in [1.165, 1.54) is 0 Å². The highest BCUT2D eigenvalue weighted by molar-refractivity contribution is 5.92. The van der Waals surface area contributed by atoms with E-state index < -0.39 is 0 Å². The SMILES string of the molecule is C=CCCOCCNc1ccnc2cc(N)ccc12. The average molecular weight is 257 g/mol. The van der Waals surface area contributed by atoms with Crippen molar-refractivity contribution in [2.24, 2.45) is 0 Å². The summed E-state index contributed by atoms with van der Waals surface area (Å²) in [6.45, 7) is 5.81. The Morgan fingerprint density at radius 1 is 1.32 bits per heavy atom. The highest BCUT2D eigenvalue weighted by Crippen LogP contribution is 2.22. The molecule has 0 saturated carbocycles. The molecule has 4 nitrogen and oxygen atoms in total. The van der Waals surface area contributed by atoms with Gasteiger partial charge in [-0.05, 0) is 30.7 Å². The average Bonchev–Trinajstić information content (AvgIpc) is 2.42. The van der Waals surface area contributed by atoms with E-state index in [0.717, 1.165) is 41.9 Å². The monoisotopic (exact) mass is 257 g/mol. The highest BCUT2D eigenvalue weighted by Gasteiger charge is 2.01. The number of nitrogens with two attached hydrogens (primary N) is 1. The van der Waals surface area contributed by atoms with Gasteiger partial charge in [-0.3, -0.25) is 4.98 Å². The lowest BCUT2D eigenvalue weighted by Gasteiger charge is -2.10. The number of nitrogens with zero attached hydrogens (tertiary/aromatic N) is 1. The molecule has 0 saturated heterocycles. The van der Waals surface area contributed by atoms with Gasteiger partial charge in [-0.1, -0.05) is 6.08 Å². The Labute approximate surface area is 113 Å². The van der Waals surface area contributed by atoms with Crippen LogP contribution < -0.4 is 11.1 Å². The van der Waals surface area contributed by atoms with E-state index in [1.54, 1.807) is 6.20 Å². The largest absolute Gasteiger partial charge is 0.399 e. The van der Waals surface area contributed by atoms with Crippen molar-refractivity contribution in [1.82, 2.24) is 4.98 Å². The first-order valence-electron chi connectivity index (χ1n) is 6.38. The molecule has 2 rings (SSSR count). The van der Waals surface area contributed by atoms with Gasteiger partial charge >= 0.3 is 0 Å². The minimum atomic E-state index is 0.673. The van der Waals surface area contributed by atoms with Crippen molar-refractivity contribution in [3.63, 3.8) is 0 Å². The fourth-order valence-corrected chi connectivity index (χ4v) is 1.85. The van der Waals surface area contributed by atoms with Crippen LogP contribution in [0.5, 0.6) is 0 Å². The molecule has 19 heavy (non-hydrogen) atoms. The maximum Gasteiger partial charge on any atom is 0.0743 e. The first-order chi connectivity index (χ1) is 9.31. The molecular weight excluding hydrogens is 238 g/mol. The van der Waals surface area contributed by atoms with Gasteiger partial charge in [-0.15, -0.1) is 6.58 Å². The van der Waals surface area contributed by atoms with Gasteiger partial charge in [0.2, 0.25) is 0 Å². The molecule has 0 aliphatic heterocycles. The molecule has 0 radical (unpaired) electrons. The number of aromatic nitrogens is 1. The third kappa shape index (κ3) is 3.69. The molecule has 0 atom stereocenters. The van der Waals surface area contributed by atoms with Crippen LogP contribution in [0.4, 0.5) is 11.4 Å². The number of hydrogen-bond acceptors (Lipinski definition) is 4. The smallest absolute Gasteiger partial charge is 0.0743 e. The summed E-state index contributed by atoms with van der Waals surface area (Å²) in [7, 11) is 0. The van der Waals surface area contributed by atoms with Crippen LogP contribution in [-0.2, 0) is 4.74 Å². The summed E-state index contributed by atoms with van der Waals surface area (Å²) in [5, 5.41) is 4.42. The van der Waals surface area contributed by atoms with Crippen molar-refractivity contribution in [1.29, 1.82) is 0 Å². The standard InChI is InChI=1S/C15H19N3O/c1-2-3-9-19-10-8-18-14-6-7-17-15-11-12(16)4-5-13(14)15/h2,4-7,11H,1,3,8-10,16H2,(H,17,18). The van der Waals surface area contributed by atoms with Gasteiger partial charge < -0.3 is 15.8 Å². The number of nitrogens with one attached hydrogen (secondary N) is 1. The maximum absolute atomic E-state index is 5.75. The zero-order valence-corrected chi connectivity index (χ0v) is 10.9. The number of anilines is 2. The summed E-state index contributed by atoms with van der Waals surface area (Å²) in [6, 6.07) is 7.71. The van der Waals surface area contributed by atoms with Crippen molar-refractivity contribution in [3.05, 3.63) is 43.1 Å². The Kier molecular flexibility index (Phi) is 4.75. The van der Waals surface area contributed by atoms with Gasteiger partial charge in [-0.25, -0.2) is 0 Å². The normalized spacial score (nSPS) is 10.5. The minimum absolute atomic E-state index is 0.673. The van der Waals surface area contributed by atoms with Crippen molar-refractivity contribution in [3.8, 4) is 0 Å². The molecule has 0 spiro atoms. The molecule has 1 aromatic heterocycles. The lowest BCUT2D eigenvalue weighted by atomic mass is 10.1. The molecule has 0 amide bonds. The molecule has 0 fully saturated rings. The summed E-state index contributed by atoms with van der Waals surface area (Å²) >= 11 is 0. The van der Waals surface area contributed by atoms with Crippen LogP contribution in [0.15, 0.2) is 43.1 Å². The van der Waals surface area contributed by atoms with Crippen LogP contribution in [0.25, 0.3) is 10.9 Å². The lowest BCUT2D eigenvalue weighted by molar-refractivity contribution is 0.149. The molecule has 0 bridgehead atoms. The molecule has 2 aromatic rings. The molecule has 1 aromatic carbocycles. The maximum atomic E-state index is 5.75. The van der Waals surface area contributed by atoms with Crippen LogP contribution in [-0.4, -0.2) is 24.7 Å². The first-order valence-corrected chi connectivity index (χ1v) is 6.38. The number of nitrogen functional groups attached to an aromatic ring is 1. The molecule has 1 heterocycles. The zero-order valence-electron chi connectivity index (χ0n) is 10.9. The Hall–Kier alpha value is -2.07. The van der Waals surface area contributed by atoms with Gasteiger partial charge in [0.1, 0.15) is 0 Å². The number of rotatable bonds is 7. The first kappa shape index (κ1) is 13.4. The van der Waals surface area contributed by atoms with Crippen LogP contribution in [0.1, 0.15) is 6.42 Å². The molecule has 4 heteroatoms. The second-order valence-electron chi connectivity index (χ2n) is 4.25. The van der Waals surface area contributed by atoms with Gasteiger partial charge in [0.05, 0.1) is 18.7 Å². The number of ether oxygens (including phenoxy) is 1. The Balaban J connectivity index is 1.95. The summed E-state index contributed by atoms with van der Waals surface area (Å²) in [5.74, 6) is 0. The van der Waals surface area contributed by atoms with Gasteiger partial charge in [0, 0.05) is 29.5 Å². The molecule has 0 unspecified atom stereocenters. The topological polar surface area (TPSA) is 60.2 Å². The van der Waals surface area contributed by atoms with Gasteiger partial charge in [-0.2, -0.15) is 0 Å². The quantitative estimate of drug-likeness (QED) is 0.455. The van der Waals surface area contributed by atoms with E-state index in [0.29, 0.717) is 6.61 Å². The van der Waals surface area contributed by atoms with E-state index >= 15 is 0 Å². The van der Waals surface area contributed by atoms with Crippen LogP contribution in [0, 0.1) is 0 Å². The third-order valence-electron chi connectivity index (χ3n) is 2.79. The minimum Gasteiger partial charge on any atom is -0.399 e. The fraction of sp³-hybridized carbons (Fsp3) is 0.267. The van der Waals surface area contributed by atoms with Crippen molar-refractivity contribution < 1.29 is 4.74 Å². The summed E-state index contributed by atoms with van der Waals surface area (Å²) in [6.07, 6.45) is 4.52. The van der Waals surface area contributed by atoms with E-state index in [1.807, 2.05) is 30.3 Å². The summed E-state index contributed by atoms with van der Waals surface area (Å²) in [4.78, 5) is 4.31. The molecule has 0 aliphatic carbocycles. The van der Waals surface area contributed by atoms with Gasteiger partial charge in [0.15, 0.2) is 0 Å². The Bertz CT molecular complexity index is 554. The predicted molar refractivity (Wildman–Crippen MR) is 80.3 cm³/mol. The predicted octanol–water partition coefficient (Wildman–Crippen LogP) is 2.82. The molecule has 3 N–H and O–H groups in total. The van der Waals surface area contributed by atoms with Crippen LogP contribution in [0.2, 0.25) is 0 Å².